The third-order valence-corrected chi connectivity index (χ3v) is 2.83. The second-order valence-corrected chi connectivity index (χ2v) is 4.48. The first-order valence-electron chi connectivity index (χ1n) is 5.56. The van der Waals surface area contributed by atoms with Crippen LogP contribution in [0.2, 0.25) is 0 Å². The van der Waals surface area contributed by atoms with Crippen LogP contribution in [0, 0.1) is 0 Å². The molecule has 1 atom stereocenters. The summed E-state index contributed by atoms with van der Waals surface area (Å²) in [5.74, 6) is -0.819. The monoisotopic (exact) mass is 250 g/mol. The molecule has 0 saturated heterocycles. The molecule has 3 N–H and O–H groups in total. The number of carboxylic acids is 1. The highest BCUT2D eigenvalue weighted by atomic mass is 16.6. The number of hydrogen-bond acceptors (Lipinski definition) is 4. The van der Waals surface area contributed by atoms with Gasteiger partial charge in [-0.1, -0.05) is 13.8 Å². The van der Waals surface area contributed by atoms with E-state index in [0.717, 1.165) is 5.56 Å². The van der Waals surface area contributed by atoms with Gasteiger partial charge in [0, 0.05) is 11.6 Å². The van der Waals surface area contributed by atoms with Gasteiger partial charge in [0.25, 0.3) is 0 Å². The van der Waals surface area contributed by atoms with E-state index in [-0.39, 0.29) is 23.0 Å². The maximum atomic E-state index is 11.0. The third kappa shape index (κ3) is 2.04. The lowest BCUT2D eigenvalue weighted by molar-refractivity contribution is -0.135. The van der Waals surface area contributed by atoms with Crippen molar-refractivity contribution in [2.45, 2.75) is 26.1 Å². The molecule has 18 heavy (non-hydrogen) atoms. The molecule has 0 spiro atoms. The van der Waals surface area contributed by atoms with Crippen LogP contribution in [0.25, 0.3) is 6.08 Å². The molecule has 0 saturated carbocycles. The van der Waals surface area contributed by atoms with Crippen molar-refractivity contribution < 1.29 is 24.9 Å². The number of aromatic hydroxyl groups is 1. The molecule has 0 amide bonds. The van der Waals surface area contributed by atoms with Gasteiger partial charge in [-0.3, -0.25) is 0 Å². The Hall–Kier alpha value is -2.01. The van der Waals surface area contributed by atoms with Gasteiger partial charge in [-0.25, -0.2) is 4.79 Å². The van der Waals surface area contributed by atoms with Gasteiger partial charge in [0.05, 0.1) is 0 Å². The van der Waals surface area contributed by atoms with E-state index in [9.17, 15) is 15.0 Å². The van der Waals surface area contributed by atoms with E-state index >= 15 is 0 Å². The fourth-order valence-corrected chi connectivity index (χ4v) is 1.94. The number of phenols is 1. The van der Waals surface area contributed by atoms with Gasteiger partial charge in [-0.2, -0.15) is 0 Å². The number of benzene rings is 1. The van der Waals surface area contributed by atoms with Crippen LogP contribution in [-0.2, 0) is 4.79 Å². The standard InChI is InChI=1S/C13H14O5/c1-6(2)8-3-7(14)4-11-9(8)5-10(12(15)16)13(17)18-11/h3-6,13-14,17H,1-2H3,(H,15,16). The molecule has 5 nitrogen and oxygen atoms in total. The Labute approximate surface area is 104 Å². The zero-order valence-electron chi connectivity index (χ0n) is 10.0. The Balaban J connectivity index is 2.64. The molecule has 0 bridgehead atoms. The maximum Gasteiger partial charge on any atom is 0.337 e. The lowest BCUT2D eigenvalue weighted by Gasteiger charge is -2.24. The number of aliphatic hydroxyl groups excluding tert-OH is 1. The van der Waals surface area contributed by atoms with Gasteiger partial charge in [0.1, 0.15) is 17.1 Å². The van der Waals surface area contributed by atoms with Gasteiger partial charge in [-0.05, 0) is 23.6 Å². The Bertz CT molecular complexity index is 530. The Morgan fingerprint density at radius 1 is 1.39 bits per heavy atom. The summed E-state index contributed by atoms with van der Waals surface area (Å²) in [7, 11) is 0. The number of hydrogen-bond donors (Lipinski definition) is 3. The van der Waals surface area contributed by atoms with Crippen LogP contribution in [0.4, 0.5) is 0 Å². The molecule has 1 aliphatic rings. The minimum Gasteiger partial charge on any atom is -0.508 e. The number of carboxylic acid groups (broad SMARTS) is 1. The summed E-state index contributed by atoms with van der Waals surface area (Å²) in [6.45, 7) is 3.85. The highest BCUT2D eigenvalue weighted by Crippen LogP contribution is 2.38. The zero-order valence-corrected chi connectivity index (χ0v) is 10.0. The van der Waals surface area contributed by atoms with E-state index < -0.39 is 12.3 Å². The van der Waals surface area contributed by atoms with Crippen molar-refractivity contribution in [1.29, 1.82) is 0 Å². The predicted octanol–water partition coefficient (Wildman–Crippen LogP) is 1.69. The summed E-state index contributed by atoms with van der Waals surface area (Å²) in [4.78, 5) is 11.0. The number of ether oxygens (including phenoxy) is 1. The number of carbonyl (C=O) groups is 1. The molecule has 0 aliphatic carbocycles. The summed E-state index contributed by atoms with van der Waals surface area (Å²) in [5.41, 5.74) is 1.15. The molecule has 1 aliphatic heterocycles. The number of aliphatic hydroxyl groups is 1. The van der Waals surface area contributed by atoms with Crippen LogP contribution >= 0.6 is 0 Å². The van der Waals surface area contributed by atoms with E-state index in [1.807, 2.05) is 13.8 Å². The van der Waals surface area contributed by atoms with Gasteiger partial charge in [-0.15, -0.1) is 0 Å². The van der Waals surface area contributed by atoms with Crippen LogP contribution in [0.5, 0.6) is 11.5 Å². The highest BCUT2D eigenvalue weighted by molar-refractivity contribution is 5.94. The van der Waals surface area contributed by atoms with Gasteiger partial charge in [0.2, 0.25) is 6.29 Å². The number of fused-ring (bicyclic) bond motifs is 1. The molecule has 0 fully saturated rings. The third-order valence-electron chi connectivity index (χ3n) is 2.83. The first-order chi connectivity index (χ1) is 8.40. The van der Waals surface area contributed by atoms with Crippen LogP contribution < -0.4 is 4.74 Å². The SMILES string of the molecule is CC(C)c1cc(O)cc2c1C=C(C(=O)O)C(O)O2. The van der Waals surface area contributed by atoms with E-state index in [2.05, 4.69) is 0 Å². The normalized spacial score (nSPS) is 18.0. The summed E-state index contributed by atoms with van der Waals surface area (Å²) in [6.07, 6.45) is -0.127. The van der Waals surface area contributed by atoms with Crippen molar-refractivity contribution in [2.75, 3.05) is 0 Å². The average Bonchev–Trinajstić information content (AvgIpc) is 2.26. The lowest BCUT2D eigenvalue weighted by atomic mass is 9.93. The maximum absolute atomic E-state index is 11.0. The first-order valence-corrected chi connectivity index (χ1v) is 5.56. The van der Waals surface area contributed by atoms with Crippen LogP contribution in [-0.4, -0.2) is 27.6 Å². The molecule has 0 radical (unpaired) electrons. The summed E-state index contributed by atoms with van der Waals surface area (Å²) in [5, 5.41) is 28.1. The molecule has 1 unspecified atom stereocenters. The van der Waals surface area contributed by atoms with E-state index in [4.69, 9.17) is 9.84 Å². The second-order valence-electron chi connectivity index (χ2n) is 4.48. The van der Waals surface area contributed by atoms with E-state index in [1.165, 1.54) is 12.1 Å². The minimum atomic E-state index is -1.52. The zero-order chi connectivity index (χ0) is 13.4. The topological polar surface area (TPSA) is 87.0 Å². The van der Waals surface area contributed by atoms with Crippen molar-refractivity contribution >= 4 is 12.0 Å². The highest BCUT2D eigenvalue weighted by Gasteiger charge is 2.27. The summed E-state index contributed by atoms with van der Waals surface area (Å²) in [6, 6.07) is 2.93. The number of phenolic OH excluding ortho intramolecular Hbond substituents is 1. The fourth-order valence-electron chi connectivity index (χ4n) is 1.94. The summed E-state index contributed by atoms with van der Waals surface area (Å²) < 4.78 is 5.12. The smallest absolute Gasteiger partial charge is 0.337 e. The van der Waals surface area contributed by atoms with Gasteiger partial charge >= 0.3 is 5.97 Å². The molecule has 0 aromatic heterocycles. The molecule has 1 aromatic rings. The number of aliphatic carboxylic acids is 1. The number of rotatable bonds is 2. The molecule has 96 valence electrons. The van der Waals surface area contributed by atoms with Crippen LogP contribution in [0.15, 0.2) is 17.7 Å². The Kier molecular flexibility index (Phi) is 3.00. The first kappa shape index (κ1) is 12.4. The Morgan fingerprint density at radius 3 is 2.61 bits per heavy atom. The van der Waals surface area contributed by atoms with Crippen molar-refractivity contribution in [1.82, 2.24) is 0 Å². The molecule has 2 rings (SSSR count). The van der Waals surface area contributed by atoms with Crippen molar-refractivity contribution in [2.24, 2.45) is 0 Å². The molecular formula is C13H14O5. The lowest BCUT2D eigenvalue weighted by Crippen LogP contribution is -2.27. The van der Waals surface area contributed by atoms with Gasteiger partial charge in [0.15, 0.2) is 0 Å². The molecular weight excluding hydrogens is 236 g/mol. The minimum absolute atomic E-state index is 0.0248. The van der Waals surface area contributed by atoms with Crippen LogP contribution in [0.3, 0.4) is 0 Å². The average molecular weight is 250 g/mol. The Morgan fingerprint density at radius 2 is 2.06 bits per heavy atom. The quantitative estimate of drug-likeness (QED) is 0.743. The molecule has 1 aromatic carbocycles. The van der Waals surface area contributed by atoms with Crippen LogP contribution in [0.1, 0.15) is 30.9 Å². The van der Waals surface area contributed by atoms with Crippen molar-refractivity contribution in [3.05, 3.63) is 28.8 Å². The predicted molar refractivity (Wildman–Crippen MR) is 64.4 cm³/mol. The molecule has 1 heterocycles. The van der Waals surface area contributed by atoms with Crippen molar-refractivity contribution in [3.8, 4) is 11.5 Å². The summed E-state index contributed by atoms with van der Waals surface area (Å²) >= 11 is 0. The van der Waals surface area contributed by atoms with E-state index in [1.54, 1.807) is 6.07 Å². The van der Waals surface area contributed by atoms with Gasteiger partial charge < -0.3 is 20.1 Å². The fraction of sp³-hybridized carbons (Fsp3) is 0.308. The van der Waals surface area contributed by atoms with E-state index in [0.29, 0.717) is 5.56 Å². The second kappa shape index (κ2) is 4.34. The largest absolute Gasteiger partial charge is 0.508 e. The van der Waals surface area contributed by atoms with Crippen molar-refractivity contribution in [3.63, 3.8) is 0 Å². The molecule has 5 heteroatoms.